The van der Waals surface area contributed by atoms with Gasteiger partial charge in [-0.05, 0) is 37.3 Å². The Balaban J connectivity index is 1.86. The van der Waals surface area contributed by atoms with Crippen molar-refractivity contribution in [1.29, 1.82) is 0 Å². The monoisotopic (exact) mass is 338 g/mol. The van der Waals surface area contributed by atoms with Crippen LogP contribution in [0.25, 0.3) is 6.08 Å². The Labute approximate surface area is 135 Å². The van der Waals surface area contributed by atoms with Gasteiger partial charge in [0.05, 0.1) is 12.2 Å². The summed E-state index contributed by atoms with van der Waals surface area (Å²) < 4.78 is 44.4. The number of anilines is 1. The molecule has 1 heterocycles. The number of aryl methyl sites for hydroxylation is 1. The third-order valence-corrected chi connectivity index (χ3v) is 2.89. The van der Waals surface area contributed by atoms with E-state index in [1.165, 1.54) is 6.08 Å². The summed E-state index contributed by atoms with van der Waals surface area (Å²) in [6.45, 7) is 1.28. The molecule has 2 amide bonds. The molecular weight excluding hydrogens is 325 g/mol. The van der Waals surface area contributed by atoms with Crippen LogP contribution in [0.15, 0.2) is 34.8 Å². The molecule has 0 bridgehead atoms. The van der Waals surface area contributed by atoms with Gasteiger partial charge in [-0.1, -0.05) is 0 Å². The van der Waals surface area contributed by atoms with E-state index in [-0.39, 0.29) is 0 Å². The van der Waals surface area contributed by atoms with Crippen LogP contribution in [-0.4, -0.2) is 18.4 Å². The largest absolute Gasteiger partial charge is 0.462 e. The second kappa shape index (κ2) is 7.49. The lowest BCUT2D eigenvalue weighted by Gasteiger charge is -2.07. The van der Waals surface area contributed by atoms with E-state index < -0.39 is 41.5 Å². The van der Waals surface area contributed by atoms with Gasteiger partial charge in [-0.2, -0.15) is 0 Å². The van der Waals surface area contributed by atoms with E-state index in [1.807, 2.05) is 5.32 Å². The van der Waals surface area contributed by atoms with E-state index >= 15 is 0 Å². The van der Waals surface area contributed by atoms with Gasteiger partial charge in [-0.25, -0.2) is 13.2 Å². The maximum atomic E-state index is 13.4. The smallest absolute Gasteiger partial charge is 0.244 e. The first-order valence-electron chi connectivity index (χ1n) is 6.82. The van der Waals surface area contributed by atoms with Crippen LogP contribution in [-0.2, 0) is 9.59 Å². The first kappa shape index (κ1) is 17.3. The highest BCUT2D eigenvalue weighted by atomic mass is 19.2. The Hall–Kier alpha value is -3.03. The van der Waals surface area contributed by atoms with Crippen LogP contribution in [0, 0.1) is 24.4 Å². The van der Waals surface area contributed by atoms with Gasteiger partial charge in [0.15, 0.2) is 17.5 Å². The van der Waals surface area contributed by atoms with Gasteiger partial charge in [0.25, 0.3) is 0 Å². The van der Waals surface area contributed by atoms with Gasteiger partial charge >= 0.3 is 0 Å². The lowest BCUT2D eigenvalue weighted by atomic mass is 10.2. The average Bonchev–Trinajstić information content (AvgIpc) is 2.97. The van der Waals surface area contributed by atoms with Crippen molar-refractivity contribution in [2.75, 3.05) is 11.9 Å². The van der Waals surface area contributed by atoms with Gasteiger partial charge in [0, 0.05) is 6.08 Å². The van der Waals surface area contributed by atoms with Crippen LogP contribution in [0.5, 0.6) is 0 Å². The summed E-state index contributed by atoms with van der Waals surface area (Å²) in [5.41, 5.74) is -0.519. The van der Waals surface area contributed by atoms with Crippen molar-refractivity contribution >= 4 is 23.6 Å². The van der Waals surface area contributed by atoms with E-state index in [2.05, 4.69) is 5.32 Å². The van der Waals surface area contributed by atoms with Crippen molar-refractivity contribution in [3.63, 3.8) is 0 Å². The summed E-state index contributed by atoms with van der Waals surface area (Å²) in [6, 6.07) is 4.95. The van der Waals surface area contributed by atoms with Gasteiger partial charge in [-0.3, -0.25) is 9.59 Å². The highest BCUT2D eigenvalue weighted by Gasteiger charge is 2.15. The summed E-state index contributed by atoms with van der Waals surface area (Å²) in [4.78, 5) is 23.1. The zero-order valence-corrected chi connectivity index (χ0v) is 12.5. The Kier molecular flexibility index (Phi) is 5.41. The number of hydrogen-bond donors (Lipinski definition) is 2. The SMILES string of the molecule is Cc1ccc(/C=C/C(=O)NCC(=O)Nc2ccc(F)c(F)c2F)o1. The molecule has 0 aliphatic carbocycles. The van der Waals surface area contributed by atoms with Gasteiger partial charge in [-0.15, -0.1) is 0 Å². The normalized spacial score (nSPS) is 10.8. The lowest BCUT2D eigenvalue weighted by molar-refractivity contribution is -0.121. The second-order valence-electron chi connectivity index (χ2n) is 4.77. The summed E-state index contributed by atoms with van der Waals surface area (Å²) in [6.07, 6.45) is 2.57. The molecule has 0 spiro atoms. The highest BCUT2D eigenvalue weighted by Crippen LogP contribution is 2.19. The van der Waals surface area contributed by atoms with Crippen molar-refractivity contribution in [2.24, 2.45) is 0 Å². The minimum absolute atomic E-state index is 0.468. The Morgan fingerprint density at radius 1 is 1.12 bits per heavy atom. The summed E-state index contributed by atoms with van der Waals surface area (Å²) >= 11 is 0. The van der Waals surface area contributed by atoms with Crippen LogP contribution < -0.4 is 10.6 Å². The molecule has 126 valence electrons. The maximum Gasteiger partial charge on any atom is 0.244 e. The minimum Gasteiger partial charge on any atom is -0.462 e. The van der Waals surface area contributed by atoms with E-state index in [1.54, 1.807) is 19.1 Å². The first-order valence-corrected chi connectivity index (χ1v) is 6.82. The number of furan rings is 1. The van der Waals surface area contributed by atoms with Crippen LogP contribution in [0.3, 0.4) is 0 Å². The van der Waals surface area contributed by atoms with Crippen molar-refractivity contribution in [3.8, 4) is 0 Å². The number of carbonyl (C=O) groups is 2. The molecule has 0 saturated carbocycles. The third kappa shape index (κ3) is 4.48. The molecule has 0 fully saturated rings. The van der Waals surface area contributed by atoms with Crippen molar-refractivity contribution in [3.05, 3.63) is 59.3 Å². The number of hydrogen-bond acceptors (Lipinski definition) is 3. The molecule has 0 aliphatic heterocycles. The van der Waals surface area contributed by atoms with Gasteiger partial charge in [0.1, 0.15) is 11.5 Å². The van der Waals surface area contributed by atoms with Gasteiger partial charge < -0.3 is 15.1 Å². The topological polar surface area (TPSA) is 71.3 Å². The fourth-order valence-corrected chi connectivity index (χ4v) is 1.74. The molecule has 1 aromatic heterocycles. The Morgan fingerprint density at radius 2 is 1.88 bits per heavy atom. The van der Waals surface area contributed by atoms with Crippen LogP contribution in [0.4, 0.5) is 18.9 Å². The molecule has 24 heavy (non-hydrogen) atoms. The van der Waals surface area contributed by atoms with E-state index in [0.29, 0.717) is 17.6 Å². The molecule has 0 unspecified atom stereocenters. The van der Waals surface area contributed by atoms with E-state index in [4.69, 9.17) is 4.42 Å². The number of halogens is 3. The number of amides is 2. The molecule has 0 radical (unpaired) electrons. The second-order valence-corrected chi connectivity index (χ2v) is 4.77. The molecule has 2 aromatic rings. The molecular formula is C16H13F3N2O3. The molecule has 2 rings (SSSR count). The number of carbonyl (C=O) groups excluding carboxylic acids is 2. The number of rotatable bonds is 5. The summed E-state index contributed by atoms with van der Waals surface area (Å²) in [7, 11) is 0. The van der Waals surface area contributed by atoms with Crippen LogP contribution in [0.2, 0.25) is 0 Å². The molecule has 0 aliphatic rings. The standard InChI is InChI=1S/C16H13F3N2O3/c1-9-2-3-10(24-9)4-7-13(22)20-8-14(23)21-12-6-5-11(17)15(18)16(12)19/h2-7H,8H2,1H3,(H,20,22)(H,21,23)/b7-4+. The first-order chi connectivity index (χ1) is 11.4. The predicted molar refractivity (Wildman–Crippen MR) is 80.4 cm³/mol. The molecule has 8 heteroatoms. The van der Waals surface area contributed by atoms with Crippen molar-refractivity contribution in [1.82, 2.24) is 5.32 Å². The van der Waals surface area contributed by atoms with Crippen LogP contribution in [0.1, 0.15) is 11.5 Å². The predicted octanol–water partition coefficient (Wildman–Crippen LogP) is 2.77. The zero-order valence-electron chi connectivity index (χ0n) is 12.5. The fraction of sp³-hybridized carbons (Fsp3) is 0.125. The number of benzene rings is 1. The van der Waals surface area contributed by atoms with Gasteiger partial charge in [0.2, 0.25) is 11.8 Å². The Morgan fingerprint density at radius 3 is 2.54 bits per heavy atom. The molecule has 1 aromatic carbocycles. The van der Waals surface area contributed by atoms with E-state index in [9.17, 15) is 22.8 Å². The zero-order chi connectivity index (χ0) is 17.7. The van der Waals surface area contributed by atoms with Crippen molar-refractivity contribution < 1.29 is 27.2 Å². The average molecular weight is 338 g/mol. The summed E-state index contributed by atoms with van der Waals surface area (Å²) in [5, 5.41) is 4.29. The molecule has 0 atom stereocenters. The lowest BCUT2D eigenvalue weighted by Crippen LogP contribution is -2.32. The van der Waals surface area contributed by atoms with Crippen LogP contribution >= 0.6 is 0 Å². The molecule has 0 saturated heterocycles. The third-order valence-electron chi connectivity index (χ3n) is 2.89. The quantitative estimate of drug-likeness (QED) is 0.650. The fourth-order valence-electron chi connectivity index (χ4n) is 1.74. The van der Waals surface area contributed by atoms with E-state index in [0.717, 1.165) is 12.1 Å². The maximum absolute atomic E-state index is 13.4. The number of nitrogens with one attached hydrogen (secondary N) is 2. The minimum atomic E-state index is -1.69. The highest BCUT2D eigenvalue weighted by molar-refractivity contribution is 5.97. The molecule has 5 nitrogen and oxygen atoms in total. The Bertz CT molecular complexity index is 800. The van der Waals surface area contributed by atoms with Crippen molar-refractivity contribution in [2.45, 2.75) is 6.92 Å². The summed E-state index contributed by atoms with van der Waals surface area (Å²) in [5.74, 6) is -4.78. The molecule has 2 N–H and O–H groups in total.